The van der Waals surface area contributed by atoms with Crippen LogP contribution in [-0.2, 0) is 11.2 Å². The molecule has 0 aliphatic carbocycles. The fourth-order valence-corrected chi connectivity index (χ4v) is 3.80. The summed E-state index contributed by atoms with van der Waals surface area (Å²) in [5.74, 6) is 0.666. The molecular weight excluding hydrogens is 262 g/mol. The van der Waals surface area contributed by atoms with Crippen molar-refractivity contribution < 1.29 is 4.74 Å². The van der Waals surface area contributed by atoms with Gasteiger partial charge in [-0.3, -0.25) is 4.68 Å². The standard InChI is InChI=1S/C17H29N3O/c1-4-8-18-16(15-11-14-5-6-17(15)21-14)10-13-7-9-20(19-13)12(2)3/h7,9,12,14-18H,4-6,8,10-11H2,1-3H3. The van der Waals surface area contributed by atoms with Crippen molar-refractivity contribution in [1.29, 1.82) is 0 Å². The second-order valence-electron chi connectivity index (χ2n) is 6.92. The second kappa shape index (κ2) is 6.49. The first-order chi connectivity index (χ1) is 10.2. The summed E-state index contributed by atoms with van der Waals surface area (Å²) in [6, 6.07) is 3.12. The van der Waals surface area contributed by atoms with Crippen molar-refractivity contribution in [3.63, 3.8) is 0 Å². The van der Waals surface area contributed by atoms with Gasteiger partial charge >= 0.3 is 0 Å². The number of nitrogens with one attached hydrogen (secondary N) is 1. The van der Waals surface area contributed by atoms with E-state index in [1.54, 1.807) is 0 Å². The molecule has 0 amide bonds. The summed E-state index contributed by atoms with van der Waals surface area (Å²) in [6.07, 6.45) is 9.07. The topological polar surface area (TPSA) is 39.1 Å². The molecule has 2 bridgehead atoms. The third kappa shape index (κ3) is 3.32. The summed E-state index contributed by atoms with van der Waals surface area (Å²) in [5.41, 5.74) is 1.21. The molecule has 1 aromatic heterocycles. The quantitative estimate of drug-likeness (QED) is 0.839. The van der Waals surface area contributed by atoms with Crippen LogP contribution >= 0.6 is 0 Å². The van der Waals surface area contributed by atoms with E-state index in [2.05, 4.69) is 43.0 Å². The van der Waals surface area contributed by atoms with E-state index in [0.29, 0.717) is 30.2 Å². The molecule has 4 nitrogen and oxygen atoms in total. The van der Waals surface area contributed by atoms with Gasteiger partial charge in [0.25, 0.3) is 0 Å². The number of ether oxygens (including phenoxy) is 1. The van der Waals surface area contributed by atoms with Gasteiger partial charge < -0.3 is 10.1 Å². The molecule has 2 saturated heterocycles. The molecule has 21 heavy (non-hydrogen) atoms. The van der Waals surface area contributed by atoms with E-state index in [1.807, 2.05) is 0 Å². The fraction of sp³-hybridized carbons (Fsp3) is 0.824. The van der Waals surface area contributed by atoms with Crippen molar-refractivity contribution in [3.05, 3.63) is 18.0 Å². The molecular formula is C17H29N3O. The molecule has 3 heterocycles. The molecule has 4 heteroatoms. The smallest absolute Gasteiger partial charge is 0.0640 e. The molecule has 118 valence electrons. The first-order valence-electron chi connectivity index (χ1n) is 8.60. The highest BCUT2D eigenvalue weighted by molar-refractivity contribution is 5.05. The van der Waals surface area contributed by atoms with Gasteiger partial charge in [-0.1, -0.05) is 6.92 Å². The van der Waals surface area contributed by atoms with Gasteiger partial charge in [-0.25, -0.2) is 0 Å². The van der Waals surface area contributed by atoms with E-state index in [-0.39, 0.29) is 0 Å². The largest absolute Gasteiger partial charge is 0.375 e. The van der Waals surface area contributed by atoms with Crippen molar-refractivity contribution in [2.45, 2.75) is 77.2 Å². The number of fused-ring (bicyclic) bond motifs is 2. The molecule has 3 rings (SSSR count). The van der Waals surface area contributed by atoms with E-state index >= 15 is 0 Å². The van der Waals surface area contributed by atoms with E-state index in [0.717, 1.165) is 13.0 Å². The van der Waals surface area contributed by atoms with Crippen molar-refractivity contribution in [2.75, 3.05) is 6.54 Å². The Morgan fingerprint density at radius 1 is 1.43 bits per heavy atom. The van der Waals surface area contributed by atoms with Gasteiger partial charge in [0.05, 0.1) is 17.9 Å². The maximum absolute atomic E-state index is 6.06. The molecule has 1 N–H and O–H groups in total. The van der Waals surface area contributed by atoms with Crippen LogP contribution in [0.15, 0.2) is 12.3 Å². The van der Waals surface area contributed by atoms with Crippen molar-refractivity contribution in [3.8, 4) is 0 Å². The Morgan fingerprint density at radius 2 is 2.29 bits per heavy atom. The average Bonchev–Trinajstić information content (AvgIpc) is 3.18. The predicted octanol–water partition coefficient (Wildman–Crippen LogP) is 2.94. The third-order valence-electron chi connectivity index (χ3n) is 4.95. The predicted molar refractivity (Wildman–Crippen MR) is 84.4 cm³/mol. The van der Waals surface area contributed by atoms with Crippen molar-refractivity contribution in [2.24, 2.45) is 5.92 Å². The molecule has 1 aromatic rings. The Hall–Kier alpha value is -0.870. The zero-order valence-corrected chi connectivity index (χ0v) is 13.6. The number of rotatable bonds is 7. The van der Waals surface area contributed by atoms with Gasteiger partial charge in [-0.15, -0.1) is 0 Å². The molecule has 0 saturated carbocycles. The molecule has 2 aliphatic heterocycles. The Morgan fingerprint density at radius 3 is 2.86 bits per heavy atom. The first kappa shape index (κ1) is 15.0. The Labute approximate surface area is 128 Å². The Kier molecular flexibility index (Phi) is 4.65. The summed E-state index contributed by atoms with van der Waals surface area (Å²) in [4.78, 5) is 0. The molecule has 0 aromatic carbocycles. The normalized spacial score (nSPS) is 29.4. The Balaban J connectivity index is 1.66. The molecule has 2 aliphatic rings. The summed E-state index contributed by atoms with van der Waals surface area (Å²) in [7, 11) is 0. The van der Waals surface area contributed by atoms with Crippen molar-refractivity contribution >= 4 is 0 Å². The zero-order valence-electron chi connectivity index (χ0n) is 13.6. The minimum absolute atomic E-state index is 0.437. The lowest BCUT2D eigenvalue weighted by Crippen LogP contribution is -2.42. The van der Waals surface area contributed by atoms with Crippen LogP contribution in [0.1, 0.15) is 58.2 Å². The summed E-state index contributed by atoms with van der Waals surface area (Å²) in [6.45, 7) is 7.67. The van der Waals surface area contributed by atoms with Crippen LogP contribution in [0, 0.1) is 5.92 Å². The lowest BCUT2D eigenvalue weighted by atomic mass is 9.82. The van der Waals surface area contributed by atoms with Crippen LogP contribution in [-0.4, -0.2) is 34.6 Å². The zero-order chi connectivity index (χ0) is 14.8. The molecule has 0 radical (unpaired) electrons. The van der Waals surface area contributed by atoms with Gasteiger partial charge in [0.2, 0.25) is 0 Å². The number of hydrogen-bond donors (Lipinski definition) is 1. The molecule has 2 fully saturated rings. The number of aromatic nitrogens is 2. The van der Waals surface area contributed by atoms with Crippen LogP contribution in [0.3, 0.4) is 0 Å². The minimum Gasteiger partial charge on any atom is -0.375 e. The van der Waals surface area contributed by atoms with Gasteiger partial charge in [-0.05, 0) is 52.1 Å². The first-order valence-corrected chi connectivity index (χ1v) is 8.60. The monoisotopic (exact) mass is 291 g/mol. The Bertz CT molecular complexity index is 457. The van der Waals surface area contributed by atoms with Crippen LogP contribution in [0.2, 0.25) is 0 Å². The maximum Gasteiger partial charge on any atom is 0.0640 e. The summed E-state index contributed by atoms with van der Waals surface area (Å²) >= 11 is 0. The summed E-state index contributed by atoms with van der Waals surface area (Å²) < 4.78 is 8.12. The van der Waals surface area contributed by atoms with Gasteiger partial charge in [0.1, 0.15) is 0 Å². The van der Waals surface area contributed by atoms with E-state index in [4.69, 9.17) is 9.84 Å². The van der Waals surface area contributed by atoms with Crippen LogP contribution < -0.4 is 5.32 Å². The lowest BCUT2D eigenvalue weighted by molar-refractivity contribution is 0.0856. The SMILES string of the molecule is CCCNC(Cc1ccn(C(C)C)n1)C1CC2CCC1O2. The van der Waals surface area contributed by atoms with Crippen LogP contribution in [0.5, 0.6) is 0 Å². The van der Waals surface area contributed by atoms with E-state index in [9.17, 15) is 0 Å². The highest BCUT2D eigenvalue weighted by Crippen LogP contribution is 2.41. The van der Waals surface area contributed by atoms with Crippen LogP contribution in [0.25, 0.3) is 0 Å². The molecule has 4 unspecified atom stereocenters. The number of nitrogens with zero attached hydrogens (tertiary/aromatic N) is 2. The molecule has 0 spiro atoms. The second-order valence-corrected chi connectivity index (χ2v) is 6.92. The number of hydrogen-bond acceptors (Lipinski definition) is 3. The molecule has 4 atom stereocenters. The van der Waals surface area contributed by atoms with Crippen molar-refractivity contribution in [1.82, 2.24) is 15.1 Å². The van der Waals surface area contributed by atoms with Gasteiger partial charge in [-0.2, -0.15) is 5.10 Å². The van der Waals surface area contributed by atoms with Crippen LogP contribution in [0.4, 0.5) is 0 Å². The average molecular weight is 291 g/mol. The maximum atomic E-state index is 6.06. The van der Waals surface area contributed by atoms with E-state index < -0.39 is 0 Å². The third-order valence-corrected chi connectivity index (χ3v) is 4.95. The van der Waals surface area contributed by atoms with E-state index in [1.165, 1.54) is 31.4 Å². The fourth-order valence-electron chi connectivity index (χ4n) is 3.80. The lowest BCUT2D eigenvalue weighted by Gasteiger charge is -2.29. The highest BCUT2D eigenvalue weighted by atomic mass is 16.5. The highest BCUT2D eigenvalue weighted by Gasteiger charge is 2.44. The summed E-state index contributed by atoms with van der Waals surface area (Å²) in [5, 5.41) is 8.48. The van der Waals surface area contributed by atoms with Gasteiger partial charge in [0, 0.05) is 30.6 Å². The minimum atomic E-state index is 0.437. The van der Waals surface area contributed by atoms with Gasteiger partial charge in [0.15, 0.2) is 0 Å².